The van der Waals surface area contributed by atoms with Crippen molar-refractivity contribution >= 4 is 134 Å². The SMILES string of the molecule is CC(=O)N[C@@H](C)C(=O)NC(C)(C)C(=O)N[C@@H](C)C(=O)N[C@H](CP(=S)(c1ccccc1)c1ccccc1)C(=O)N[C@@H](C)C(=O)N[C@@H](C)C(=O)NC(C)(C)C(=O)N[C@H](CP(=S)(c1ccccc1)c1ccccc1)C(=O)N[C@@H](C)C(=O)N[C@@H](C)C(=O)NC(C)(C)C(=O)N[C@@H](C)C(N)=O. The van der Waals surface area contributed by atoms with E-state index in [1.54, 1.807) is 72.8 Å². The van der Waals surface area contributed by atoms with Crippen molar-refractivity contribution in [2.24, 2.45) is 5.73 Å². The van der Waals surface area contributed by atoms with Gasteiger partial charge in [-0.25, -0.2) is 0 Å². The van der Waals surface area contributed by atoms with Crippen LogP contribution in [0.25, 0.3) is 0 Å². The number of hydrogen-bond acceptors (Lipinski definition) is 15. The Morgan fingerprint density at radius 3 is 0.863 bits per heavy atom. The van der Waals surface area contributed by atoms with Crippen molar-refractivity contribution in [1.82, 2.24) is 63.8 Å². The van der Waals surface area contributed by atoms with E-state index >= 15 is 0 Å². The molecule has 0 aliphatic carbocycles. The van der Waals surface area contributed by atoms with E-state index in [0.29, 0.717) is 21.2 Å². The van der Waals surface area contributed by atoms with Crippen molar-refractivity contribution in [3.05, 3.63) is 121 Å². The Labute approximate surface area is 564 Å². The first kappa shape index (κ1) is 78.7. The van der Waals surface area contributed by atoms with Gasteiger partial charge in [0.15, 0.2) is 0 Å². The molecule has 0 spiro atoms. The highest BCUT2D eigenvalue weighted by Gasteiger charge is 2.41. The summed E-state index contributed by atoms with van der Waals surface area (Å²) in [6, 6.07) is 18.3. The number of hydrogen-bond donors (Lipinski definition) is 13. The Bertz CT molecular complexity index is 3500. The van der Waals surface area contributed by atoms with Crippen LogP contribution in [0.3, 0.4) is 0 Å². The van der Waals surface area contributed by atoms with E-state index in [4.69, 9.17) is 29.3 Å². The van der Waals surface area contributed by atoms with Crippen molar-refractivity contribution in [2.75, 3.05) is 12.3 Å². The van der Waals surface area contributed by atoms with E-state index < -0.39 is 160 Å². The first-order chi connectivity index (χ1) is 44.1. The minimum atomic E-state index is -3.02. The first-order valence-electron chi connectivity index (χ1n) is 30.5. The van der Waals surface area contributed by atoms with Gasteiger partial charge in [0.2, 0.25) is 76.8 Å². The zero-order valence-electron chi connectivity index (χ0n) is 55.8. The molecule has 26 nitrogen and oxygen atoms in total. The third kappa shape index (κ3) is 22.5. The fraction of sp³-hybridized carbons (Fsp3) is 0.431. The second-order valence-electron chi connectivity index (χ2n) is 24.8. The van der Waals surface area contributed by atoms with Crippen LogP contribution in [0.2, 0.25) is 0 Å². The number of nitrogens with one attached hydrogen (secondary N) is 12. The molecular weight excluding hydrogens is 1300 g/mol. The number of rotatable bonds is 32. The van der Waals surface area contributed by atoms with E-state index in [1.807, 2.05) is 48.5 Å². The van der Waals surface area contributed by atoms with Gasteiger partial charge in [-0.05, 0) is 111 Å². The molecule has 0 aliphatic heterocycles. The third-order valence-electron chi connectivity index (χ3n) is 15.2. The van der Waals surface area contributed by atoms with Crippen molar-refractivity contribution < 1.29 is 62.3 Å². The lowest BCUT2D eigenvalue weighted by atomic mass is 10.0. The second kappa shape index (κ2) is 34.1. The fourth-order valence-electron chi connectivity index (χ4n) is 9.18. The Hall–Kier alpha value is -8.71. The van der Waals surface area contributed by atoms with Gasteiger partial charge < -0.3 is 69.5 Å². The quantitative estimate of drug-likeness (QED) is 0.0259. The van der Waals surface area contributed by atoms with Gasteiger partial charge in [-0.15, -0.1) is 0 Å². The average Bonchev–Trinajstić information content (AvgIpc) is 0.813. The molecule has 9 atom stereocenters. The minimum Gasteiger partial charge on any atom is -0.368 e. The first-order valence-corrected chi connectivity index (χ1v) is 36.5. The Morgan fingerprint density at radius 2 is 0.568 bits per heavy atom. The normalized spacial score (nSPS) is 14.6. The highest BCUT2D eigenvalue weighted by atomic mass is 32.4. The van der Waals surface area contributed by atoms with Crippen LogP contribution in [0.15, 0.2) is 121 Å². The molecule has 0 aromatic heterocycles. The number of carbonyl (C=O) groups is 13. The molecule has 14 N–H and O–H groups in total. The molecule has 4 aromatic carbocycles. The molecule has 0 saturated carbocycles. The van der Waals surface area contributed by atoms with Crippen LogP contribution in [0.4, 0.5) is 0 Å². The van der Waals surface area contributed by atoms with Gasteiger partial charge in [0.1, 0.15) is 71.0 Å². The molecular formula is C65H89N13O13P2S2. The molecule has 514 valence electrons. The molecule has 0 saturated heterocycles. The van der Waals surface area contributed by atoms with E-state index in [1.165, 1.54) is 96.9 Å². The van der Waals surface area contributed by atoms with E-state index in [-0.39, 0.29) is 12.3 Å². The van der Waals surface area contributed by atoms with Crippen LogP contribution in [-0.4, -0.2) is 160 Å². The Morgan fingerprint density at radius 1 is 0.337 bits per heavy atom. The van der Waals surface area contributed by atoms with Gasteiger partial charge >= 0.3 is 0 Å². The van der Waals surface area contributed by atoms with Crippen LogP contribution in [0, 0.1) is 0 Å². The van der Waals surface area contributed by atoms with Crippen molar-refractivity contribution in [3.63, 3.8) is 0 Å². The molecule has 0 aliphatic rings. The van der Waals surface area contributed by atoms with Crippen LogP contribution >= 0.6 is 12.1 Å². The van der Waals surface area contributed by atoms with E-state index in [9.17, 15) is 62.3 Å². The molecule has 4 aromatic rings. The molecule has 0 bridgehead atoms. The van der Waals surface area contributed by atoms with Crippen LogP contribution in [0.1, 0.15) is 96.9 Å². The highest BCUT2D eigenvalue weighted by molar-refractivity contribution is 8.22. The van der Waals surface area contributed by atoms with E-state index in [2.05, 4.69) is 63.8 Å². The average molecular weight is 1390 g/mol. The zero-order valence-corrected chi connectivity index (χ0v) is 59.2. The molecule has 13 amide bonds. The summed E-state index contributed by atoms with van der Waals surface area (Å²) < 4.78 is 0. The summed E-state index contributed by atoms with van der Waals surface area (Å²) in [6.45, 7) is 19.0. The molecule has 0 heterocycles. The number of nitrogens with two attached hydrogens (primary N) is 1. The fourth-order valence-corrected chi connectivity index (χ4v) is 17.1. The Kier molecular flexibility index (Phi) is 28.3. The summed E-state index contributed by atoms with van der Waals surface area (Å²) in [4.78, 5) is 175. The van der Waals surface area contributed by atoms with Gasteiger partial charge in [-0.1, -0.05) is 145 Å². The van der Waals surface area contributed by atoms with Crippen LogP contribution in [0.5, 0.6) is 0 Å². The summed E-state index contributed by atoms with van der Waals surface area (Å²) >= 11 is 13.0. The monoisotopic (exact) mass is 1390 g/mol. The largest absolute Gasteiger partial charge is 0.368 e. The molecule has 0 radical (unpaired) electrons. The number of carbonyl (C=O) groups excluding carboxylic acids is 13. The lowest BCUT2D eigenvalue weighted by molar-refractivity contribution is -0.137. The predicted octanol–water partition coefficient (Wildman–Crippen LogP) is -1.06. The number of amides is 13. The summed E-state index contributed by atoms with van der Waals surface area (Å²) in [5, 5.41) is 33.7. The van der Waals surface area contributed by atoms with Crippen molar-refractivity contribution in [2.45, 2.75) is 168 Å². The lowest BCUT2D eigenvalue weighted by Crippen LogP contribution is -2.63. The summed E-state index contributed by atoms with van der Waals surface area (Å²) in [6.07, 6.45) is -0.335. The van der Waals surface area contributed by atoms with Crippen molar-refractivity contribution in [3.8, 4) is 0 Å². The van der Waals surface area contributed by atoms with Gasteiger partial charge in [-0.2, -0.15) is 0 Å². The van der Waals surface area contributed by atoms with Gasteiger partial charge in [0.25, 0.3) is 0 Å². The molecule has 0 unspecified atom stereocenters. The lowest BCUT2D eigenvalue weighted by Gasteiger charge is -2.33. The second-order valence-corrected chi connectivity index (χ2v) is 34.2. The molecule has 30 heteroatoms. The highest BCUT2D eigenvalue weighted by Crippen LogP contribution is 2.45. The molecule has 0 fully saturated rings. The van der Waals surface area contributed by atoms with E-state index in [0.717, 1.165) is 0 Å². The smallest absolute Gasteiger partial charge is 0.245 e. The minimum absolute atomic E-state index is 0.156. The van der Waals surface area contributed by atoms with Crippen molar-refractivity contribution in [1.29, 1.82) is 0 Å². The van der Waals surface area contributed by atoms with Gasteiger partial charge in [0.05, 0.1) is 0 Å². The topological polar surface area (TPSA) is 392 Å². The maximum atomic E-state index is 14.6. The van der Waals surface area contributed by atoms with Crippen LogP contribution < -0.4 is 90.8 Å². The number of primary amides is 1. The zero-order chi connectivity index (χ0) is 71.6. The maximum Gasteiger partial charge on any atom is 0.245 e. The summed E-state index contributed by atoms with van der Waals surface area (Å²) in [7, 11) is 0. The summed E-state index contributed by atoms with van der Waals surface area (Å²) in [5.41, 5.74) is 0.290. The predicted molar refractivity (Wildman–Crippen MR) is 371 cm³/mol. The standard InChI is InChI=1S/C65H89N13O13P2S2/c1-37(51(66)80)72-60(89)63(9,10)77-56(85)42(6)68-53(82)39(3)71-59(88)50(36-93(95,47-31-23-17-24-32-47)48-33-25-18-26-34-48)75-62(91)65(13,14)78-57(86)43(7)69-52(81)38(2)70-58(87)49(35-92(94,45-27-19-15-20-28-45)46-29-21-16-22-30-46)74-54(83)40(4)73-61(90)64(11,12)76-55(84)41(5)67-44(8)79/h15-34,37-43,49-50H,35-36H2,1-14H3,(H2,66,80)(H,67,79)(H,68,82)(H,69,81)(H,70,87)(H,71,88)(H,72,89)(H,73,90)(H,74,83)(H,75,91)(H,76,84)(H,77,85)(H,78,86)/t37-,38-,39-,40-,41-,42-,43-,49+,50+/m0/s1. The van der Waals surface area contributed by atoms with Gasteiger partial charge in [-0.3, -0.25) is 62.3 Å². The summed E-state index contributed by atoms with van der Waals surface area (Å²) in [5.74, 6) is -10.2. The van der Waals surface area contributed by atoms with Crippen LogP contribution in [-0.2, 0) is 85.9 Å². The van der Waals surface area contributed by atoms with Gasteiger partial charge in [0, 0.05) is 31.3 Å². The third-order valence-corrected chi connectivity index (χ3v) is 24.9. The Balaban J connectivity index is 1.56. The number of benzene rings is 4. The maximum absolute atomic E-state index is 14.6. The molecule has 95 heavy (non-hydrogen) atoms. The molecule has 4 rings (SSSR count).